The minimum atomic E-state index is -4.84. The summed E-state index contributed by atoms with van der Waals surface area (Å²) >= 11 is 13.6. The van der Waals surface area contributed by atoms with Crippen molar-refractivity contribution in [2.24, 2.45) is 0 Å². The number of halogens is 5. The summed E-state index contributed by atoms with van der Waals surface area (Å²) in [7, 11) is -3.85. The summed E-state index contributed by atoms with van der Waals surface area (Å²) in [6.45, 7) is 1.24. The Hall–Kier alpha value is -2.05. The molecule has 1 aromatic heterocycles. The Labute approximate surface area is 202 Å². The fourth-order valence-corrected chi connectivity index (χ4v) is 6.12. The zero-order valence-electron chi connectivity index (χ0n) is 16.7. The number of thiazole rings is 1. The number of ether oxygens (including phenoxy) is 1. The lowest BCUT2D eigenvalue weighted by Gasteiger charge is -2.33. The molecule has 2 heterocycles. The molecule has 0 saturated carbocycles. The third-order valence-corrected chi connectivity index (χ3v) is 8.27. The maximum atomic E-state index is 12.9. The number of rotatable bonds is 5. The summed E-state index contributed by atoms with van der Waals surface area (Å²) in [5.74, 6) is -0.480. The van der Waals surface area contributed by atoms with Crippen molar-refractivity contribution in [1.29, 1.82) is 0 Å². The molecule has 0 unspecified atom stereocenters. The van der Waals surface area contributed by atoms with E-state index in [0.29, 0.717) is 28.8 Å². The molecule has 13 heteroatoms. The Morgan fingerprint density at radius 1 is 1.00 bits per heavy atom. The van der Waals surface area contributed by atoms with Gasteiger partial charge in [-0.05, 0) is 42.5 Å². The number of sulfonamides is 1. The zero-order valence-corrected chi connectivity index (χ0v) is 19.9. The second-order valence-corrected chi connectivity index (χ2v) is 10.7. The largest absolute Gasteiger partial charge is 0.573 e. The molecule has 1 aliphatic rings. The van der Waals surface area contributed by atoms with Crippen molar-refractivity contribution in [3.05, 3.63) is 57.9 Å². The van der Waals surface area contributed by atoms with Crippen molar-refractivity contribution in [2.45, 2.75) is 11.3 Å². The normalized spacial score (nSPS) is 15.6. The number of aromatic nitrogens is 1. The van der Waals surface area contributed by atoms with Gasteiger partial charge >= 0.3 is 6.36 Å². The summed E-state index contributed by atoms with van der Waals surface area (Å²) < 4.78 is 67.8. The highest BCUT2D eigenvalue weighted by Crippen LogP contribution is 2.34. The summed E-state index contributed by atoms with van der Waals surface area (Å²) in [6, 6.07) is 9.33. The summed E-state index contributed by atoms with van der Waals surface area (Å²) in [4.78, 5) is 6.50. The molecule has 0 radical (unpaired) electrons. The molecular weight excluding hydrogens is 522 g/mol. The van der Waals surface area contributed by atoms with Crippen LogP contribution in [0.2, 0.25) is 10.0 Å². The van der Waals surface area contributed by atoms with Gasteiger partial charge in [0.2, 0.25) is 10.0 Å². The molecule has 1 fully saturated rings. The molecule has 1 aliphatic heterocycles. The predicted molar refractivity (Wildman–Crippen MR) is 122 cm³/mol. The number of benzene rings is 2. The van der Waals surface area contributed by atoms with E-state index in [0.717, 1.165) is 35.0 Å². The first kappa shape index (κ1) is 24.1. The van der Waals surface area contributed by atoms with Gasteiger partial charge in [-0.2, -0.15) is 4.31 Å². The first-order valence-corrected chi connectivity index (χ1v) is 12.6. The minimum absolute atomic E-state index is 0.0978. The van der Waals surface area contributed by atoms with Crippen LogP contribution in [0.3, 0.4) is 0 Å². The van der Waals surface area contributed by atoms with Gasteiger partial charge in [0, 0.05) is 42.1 Å². The van der Waals surface area contributed by atoms with E-state index in [1.165, 1.54) is 15.6 Å². The molecule has 6 nitrogen and oxygen atoms in total. The average Bonchev–Trinajstić information content (AvgIpc) is 3.23. The van der Waals surface area contributed by atoms with Crippen LogP contribution in [0.15, 0.2) is 52.7 Å². The lowest BCUT2D eigenvalue weighted by Crippen LogP contribution is -2.48. The molecule has 176 valence electrons. The molecule has 4 rings (SSSR count). The van der Waals surface area contributed by atoms with Crippen LogP contribution in [-0.4, -0.2) is 50.2 Å². The maximum Gasteiger partial charge on any atom is 0.573 e. The van der Waals surface area contributed by atoms with E-state index in [2.05, 4.69) is 9.72 Å². The Morgan fingerprint density at radius 2 is 1.67 bits per heavy atom. The second-order valence-electron chi connectivity index (χ2n) is 7.05. The monoisotopic (exact) mass is 537 g/mol. The van der Waals surface area contributed by atoms with E-state index in [9.17, 15) is 21.6 Å². The topological polar surface area (TPSA) is 62.7 Å². The summed E-state index contributed by atoms with van der Waals surface area (Å²) in [5, 5.41) is 3.63. The Kier molecular flexibility index (Phi) is 6.79. The molecule has 0 spiro atoms. The van der Waals surface area contributed by atoms with E-state index in [1.54, 1.807) is 18.2 Å². The van der Waals surface area contributed by atoms with Gasteiger partial charge in [0.05, 0.1) is 15.6 Å². The highest BCUT2D eigenvalue weighted by Gasteiger charge is 2.32. The van der Waals surface area contributed by atoms with Gasteiger partial charge in [-0.1, -0.05) is 23.2 Å². The van der Waals surface area contributed by atoms with Gasteiger partial charge in [0.25, 0.3) is 0 Å². The first-order valence-electron chi connectivity index (χ1n) is 9.55. The number of alkyl halides is 3. The van der Waals surface area contributed by atoms with Crippen LogP contribution < -0.4 is 9.64 Å². The third kappa shape index (κ3) is 5.55. The van der Waals surface area contributed by atoms with Crippen LogP contribution in [0.1, 0.15) is 0 Å². The molecule has 0 aliphatic carbocycles. The molecule has 0 atom stereocenters. The molecule has 0 bridgehead atoms. The fourth-order valence-electron chi connectivity index (χ4n) is 3.31. The van der Waals surface area contributed by atoms with Crippen molar-refractivity contribution < 1.29 is 26.3 Å². The van der Waals surface area contributed by atoms with E-state index >= 15 is 0 Å². The Bertz CT molecular complexity index is 1240. The van der Waals surface area contributed by atoms with Crippen molar-refractivity contribution in [3.63, 3.8) is 0 Å². The molecule has 3 aromatic rings. The molecule has 33 heavy (non-hydrogen) atoms. The van der Waals surface area contributed by atoms with Gasteiger partial charge < -0.3 is 9.64 Å². The highest BCUT2D eigenvalue weighted by molar-refractivity contribution is 7.89. The van der Waals surface area contributed by atoms with Crippen LogP contribution in [0.5, 0.6) is 5.75 Å². The first-order chi connectivity index (χ1) is 15.5. The average molecular weight is 538 g/mol. The number of hydrogen-bond donors (Lipinski definition) is 0. The van der Waals surface area contributed by atoms with Gasteiger partial charge in [-0.15, -0.1) is 24.5 Å². The second kappa shape index (κ2) is 9.30. The van der Waals surface area contributed by atoms with Gasteiger partial charge in [-0.3, -0.25) is 0 Å². The fraction of sp³-hybridized carbons (Fsp3) is 0.250. The van der Waals surface area contributed by atoms with Crippen LogP contribution in [0.4, 0.5) is 18.3 Å². The summed E-state index contributed by atoms with van der Waals surface area (Å²) in [6.07, 6.45) is -4.84. The van der Waals surface area contributed by atoms with Gasteiger partial charge in [0.1, 0.15) is 5.75 Å². The molecule has 0 N–H and O–H groups in total. The van der Waals surface area contributed by atoms with E-state index in [-0.39, 0.29) is 18.0 Å². The maximum absolute atomic E-state index is 12.9. The van der Waals surface area contributed by atoms with E-state index < -0.39 is 22.1 Å². The SMILES string of the molecule is O=S(=O)(c1ccc(OC(F)(F)F)cc1)N1CCN(c2nc(-c3ccc(Cl)cc3Cl)cs2)CC1. The number of piperazine rings is 1. The molecule has 1 saturated heterocycles. The smallest absolute Gasteiger partial charge is 0.406 e. The van der Waals surface area contributed by atoms with Crippen LogP contribution >= 0.6 is 34.5 Å². The highest BCUT2D eigenvalue weighted by atomic mass is 35.5. The van der Waals surface area contributed by atoms with Gasteiger partial charge in [0.15, 0.2) is 5.13 Å². The molecule has 0 amide bonds. The van der Waals surface area contributed by atoms with Crippen LogP contribution in [-0.2, 0) is 10.0 Å². The van der Waals surface area contributed by atoms with Crippen molar-refractivity contribution in [3.8, 4) is 17.0 Å². The molecular formula is C20H16Cl2F3N3O3S2. The van der Waals surface area contributed by atoms with Crippen LogP contribution in [0.25, 0.3) is 11.3 Å². The lowest BCUT2D eigenvalue weighted by atomic mass is 10.2. The van der Waals surface area contributed by atoms with E-state index in [1.807, 2.05) is 10.3 Å². The Balaban J connectivity index is 1.42. The van der Waals surface area contributed by atoms with Crippen molar-refractivity contribution in [2.75, 3.05) is 31.1 Å². The molecule has 2 aromatic carbocycles. The third-order valence-electron chi connectivity index (χ3n) is 4.90. The minimum Gasteiger partial charge on any atom is -0.406 e. The summed E-state index contributed by atoms with van der Waals surface area (Å²) in [5.41, 5.74) is 1.45. The zero-order chi connectivity index (χ0) is 23.8. The van der Waals surface area contributed by atoms with Crippen molar-refractivity contribution in [1.82, 2.24) is 9.29 Å². The Morgan fingerprint density at radius 3 is 2.27 bits per heavy atom. The van der Waals surface area contributed by atoms with Gasteiger partial charge in [-0.25, -0.2) is 13.4 Å². The van der Waals surface area contributed by atoms with E-state index in [4.69, 9.17) is 23.2 Å². The lowest BCUT2D eigenvalue weighted by molar-refractivity contribution is -0.274. The van der Waals surface area contributed by atoms with Crippen LogP contribution in [0, 0.1) is 0 Å². The quantitative estimate of drug-likeness (QED) is 0.428. The number of nitrogens with zero attached hydrogens (tertiary/aromatic N) is 3. The standard InChI is InChI=1S/C20H16Cl2F3N3O3S2/c21-13-1-6-16(17(22)11-13)18-12-32-19(26-18)27-7-9-28(10-8-27)33(29,30)15-4-2-14(3-5-15)31-20(23,24)25/h1-6,11-12H,7-10H2. The number of hydrogen-bond acceptors (Lipinski definition) is 6. The number of anilines is 1. The van der Waals surface area contributed by atoms with Crippen molar-refractivity contribution >= 4 is 49.7 Å². The predicted octanol–water partition coefficient (Wildman–Crippen LogP) is 5.53.